The topological polar surface area (TPSA) is 99.6 Å². The van der Waals surface area contributed by atoms with Crippen molar-refractivity contribution in [1.82, 2.24) is 14.6 Å². The Morgan fingerprint density at radius 3 is 2.88 bits per heavy atom. The number of hydrogen-bond acceptors (Lipinski definition) is 8. The van der Waals surface area contributed by atoms with Crippen LogP contribution in [0.1, 0.15) is 5.56 Å². The second-order valence-electron chi connectivity index (χ2n) is 5.35. The third-order valence-corrected chi connectivity index (χ3v) is 5.67. The van der Waals surface area contributed by atoms with Crippen LogP contribution in [0.2, 0.25) is 0 Å². The predicted octanol–water partition coefficient (Wildman–Crippen LogP) is 2.51. The van der Waals surface area contributed by atoms with Crippen molar-refractivity contribution in [3.63, 3.8) is 0 Å². The van der Waals surface area contributed by atoms with Crippen LogP contribution in [-0.4, -0.2) is 27.5 Å². The van der Waals surface area contributed by atoms with E-state index < -0.39 is 5.56 Å². The Morgan fingerprint density at radius 1 is 1.31 bits per heavy atom. The molecule has 1 aliphatic carbocycles. The Labute approximate surface area is 155 Å². The molecule has 130 valence electrons. The van der Waals surface area contributed by atoms with Gasteiger partial charge in [-0.1, -0.05) is 23.5 Å². The van der Waals surface area contributed by atoms with Crippen molar-refractivity contribution in [3.05, 3.63) is 63.0 Å². The van der Waals surface area contributed by atoms with Crippen LogP contribution in [0.25, 0.3) is 20.9 Å². The van der Waals surface area contributed by atoms with Crippen LogP contribution in [-0.2, 0) is 9.53 Å². The van der Waals surface area contributed by atoms with Gasteiger partial charge in [-0.05, 0) is 35.2 Å². The lowest BCUT2D eigenvalue weighted by molar-refractivity contribution is -0.114. The molecule has 0 saturated carbocycles. The average Bonchev–Trinajstić information content (AvgIpc) is 3.29. The van der Waals surface area contributed by atoms with Crippen molar-refractivity contribution < 1.29 is 9.53 Å². The number of fused-ring (bicyclic) bond motifs is 1. The zero-order valence-electron chi connectivity index (χ0n) is 13.5. The van der Waals surface area contributed by atoms with Crippen molar-refractivity contribution >= 4 is 45.3 Å². The monoisotopic (exact) mass is 384 g/mol. The second-order valence-corrected chi connectivity index (χ2v) is 7.25. The highest BCUT2D eigenvalue weighted by Gasteiger charge is 2.16. The second kappa shape index (κ2) is 6.36. The average molecular weight is 384 g/mol. The molecule has 1 aliphatic rings. The van der Waals surface area contributed by atoms with Crippen LogP contribution in [0.15, 0.2) is 51.9 Å². The number of ketones is 1. The third kappa shape index (κ3) is 2.76. The Hall–Kier alpha value is -3.04. The van der Waals surface area contributed by atoms with Gasteiger partial charge in [-0.2, -0.15) is 14.6 Å². The van der Waals surface area contributed by atoms with Crippen LogP contribution in [0.5, 0.6) is 0 Å². The van der Waals surface area contributed by atoms with Crippen molar-refractivity contribution in [1.29, 1.82) is 0 Å². The highest BCUT2D eigenvalue weighted by atomic mass is 32.1. The molecule has 7 nitrogen and oxygen atoms in total. The molecule has 3 heterocycles. The fraction of sp³-hybridized carbons (Fsp3) is 0.0588. The summed E-state index contributed by atoms with van der Waals surface area (Å²) in [5.74, 6) is 0.160. The fourth-order valence-electron chi connectivity index (χ4n) is 2.46. The summed E-state index contributed by atoms with van der Waals surface area (Å²) in [5.41, 5.74) is 6.56. The lowest BCUT2D eigenvalue weighted by Gasteiger charge is -2.08. The van der Waals surface area contributed by atoms with E-state index in [-0.39, 0.29) is 22.9 Å². The molecule has 0 saturated heterocycles. The maximum atomic E-state index is 12.4. The molecule has 0 spiro atoms. The van der Waals surface area contributed by atoms with Crippen LogP contribution < -0.4 is 11.3 Å². The minimum Gasteiger partial charge on any atom is -0.493 e. The van der Waals surface area contributed by atoms with Crippen molar-refractivity contribution in [2.45, 2.75) is 0 Å². The maximum Gasteiger partial charge on any atom is 0.283 e. The molecule has 0 atom stereocenters. The number of aromatic nitrogens is 3. The summed E-state index contributed by atoms with van der Waals surface area (Å²) in [4.78, 5) is 29.6. The normalized spacial score (nSPS) is 15.7. The number of carbonyl (C=O) groups is 1. The van der Waals surface area contributed by atoms with E-state index in [4.69, 9.17) is 10.5 Å². The molecule has 0 amide bonds. The van der Waals surface area contributed by atoms with E-state index in [0.717, 1.165) is 9.88 Å². The molecular formula is C17H12N4O3S2. The smallest absolute Gasteiger partial charge is 0.283 e. The summed E-state index contributed by atoms with van der Waals surface area (Å²) in [5, 5.41) is 7.17. The molecule has 9 heteroatoms. The SMILES string of the molecule is COC1=CC(=Cc2c(N)n3nc(-c4cccs4)sc3nc2=O)C=CC1=O. The van der Waals surface area contributed by atoms with Crippen molar-refractivity contribution in [2.75, 3.05) is 12.8 Å². The van der Waals surface area contributed by atoms with E-state index in [1.165, 1.54) is 29.0 Å². The largest absolute Gasteiger partial charge is 0.493 e. The number of thiophene rings is 1. The Bertz CT molecular complexity index is 1170. The zero-order valence-corrected chi connectivity index (χ0v) is 15.1. The van der Waals surface area contributed by atoms with Gasteiger partial charge in [-0.25, -0.2) is 0 Å². The van der Waals surface area contributed by atoms with E-state index in [9.17, 15) is 9.59 Å². The van der Waals surface area contributed by atoms with Gasteiger partial charge >= 0.3 is 0 Å². The molecule has 3 aromatic rings. The van der Waals surface area contributed by atoms with Crippen LogP contribution >= 0.6 is 22.7 Å². The first-order valence-corrected chi connectivity index (χ1v) is 9.19. The van der Waals surface area contributed by atoms with Gasteiger partial charge in [0.05, 0.1) is 17.6 Å². The van der Waals surface area contributed by atoms with Crippen LogP contribution in [0.3, 0.4) is 0 Å². The number of anilines is 1. The third-order valence-electron chi connectivity index (χ3n) is 3.72. The molecule has 4 rings (SSSR count). The number of rotatable bonds is 3. The van der Waals surface area contributed by atoms with Gasteiger partial charge in [0.25, 0.3) is 5.56 Å². The summed E-state index contributed by atoms with van der Waals surface area (Å²) in [7, 11) is 1.42. The highest BCUT2D eigenvalue weighted by molar-refractivity contribution is 7.23. The van der Waals surface area contributed by atoms with Crippen molar-refractivity contribution in [3.8, 4) is 9.88 Å². The number of methoxy groups -OCH3 is 1. The number of allylic oxidation sites excluding steroid dienone is 4. The zero-order chi connectivity index (χ0) is 18.3. The number of ether oxygens (including phenoxy) is 1. The summed E-state index contributed by atoms with van der Waals surface area (Å²) < 4.78 is 6.49. The maximum absolute atomic E-state index is 12.4. The van der Waals surface area contributed by atoms with Gasteiger partial charge in [0, 0.05) is 0 Å². The van der Waals surface area contributed by atoms with Crippen LogP contribution in [0, 0.1) is 0 Å². The predicted molar refractivity (Wildman–Crippen MR) is 102 cm³/mol. The molecule has 26 heavy (non-hydrogen) atoms. The molecule has 0 aromatic carbocycles. The molecule has 0 bridgehead atoms. The number of hydrogen-bond donors (Lipinski definition) is 1. The molecule has 0 radical (unpaired) electrons. The summed E-state index contributed by atoms with van der Waals surface area (Å²) in [6.45, 7) is 0. The van der Waals surface area contributed by atoms with Gasteiger partial charge < -0.3 is 10.5 Å². The lowest BCUT2D eigenvalue weighted by Crippen LogP contribution is -2.17. The summed E-state index contributed by atoms with van der Waals surface area (Å²) in [6, 6.07) is 3.87. The number of nitrogens with zero attached hydrogens (tertiary/aromatic N) is 3. The minimum absolute atomic E-state index is 0.195. The first-order chi connectivity index (χ1) is 12.6. The Kier molecular flexibility index (Phi) is 4.02. The summed E-state index contributed by atoms with van der Waals surface area (Å²) in [6.07, 6.45) is 6.09. The van der Waals surface area contributed by atoms with Gasteiger partial charge in [-0.15, -0.1) is 11.3 Å². The first kappa shape index (κ1) is 16.4. The molecule has 0 unspecified atom stereocenters. The number of nitrogen functional groups attached to an aromatic ring is 1. The Balaban J connectivity index is 1.85. The molecule has 0 aliphatic heterocycles. The van der Waals surface area contributed by atoms with Gasteiger partial charge in [0.1, 0.15) is 5.82 Å². The number of carbonyl (C=O) groups excluding carboxylic acids is 1. The van der Waals surface area contributed by atoms with Crippen LogP contribution in [0.4, 0.5) is 5.82 Å². The van der Waals surface area contributed by atoms with E-state index in [1.807, 2.05) is 17.5 Å². The van der Waals surface area contributed by atoms with E-state index in [2.05, 4.69) is 10.1 Å². The molecule has 2 N–H and O–H groups in total. The fourth-order valence-corrected chi connectivity index (χ4v) is 4.15. The minimum atomic E-state index is -0.450. The lowest BCUT2D eigenvalue weighted by atomic mass is 10.0. The quantitative estimate of drug-likeness (QED) is 0.745. The highest BCUT2D eigenvalue weighted by Crippen LogP contribution is 2.29. The van der Waals surface area contributed by atoms with E-state index >= 15 is 0 Å². The summed E-state index contributed by atoms with van der Waals surface area (Å²) >= 11 is 2.85. The van der Waals surface area contributed by atoms with Gasteiger partial charge in [0.15, 0.2) is 10.8 Å². The number of nitrogens with two attached hydrogens (primary N) is 1. The van der Waals surface area contributed by atoms with Crippen molar-refractivity contribution in [2.24, 2.45) is 0 Å². The first-order valence-electron chi connectivity index (χ1n) is 7.50. The van der Waals surface area contributed by atoms with E-state index in [0.29, 0.717) is 10.5 Å². The molecule has 3 aromatic heterocycles. The molecular weight excluding hydrogens is 372 g/mol. The standard InChI is InChI=1S/C17H12N4O3S2/c1-24-12-8-9(4-5-11(12)22)7-10-14(18)21-17(19-15(10)23)26-16(20-21)13-3-2-6-25-13/h2-8H,18H2,1H3. The van der Waals surface area contributed by atoms with Gasteiger partial charge in [0.2, 0.25) is 10.7 Å². The molecule has 0 fully saturated rings. The van der Waals surface area contributed by atoms with E-state index in [1.54, 1.807) is 29.6 Å². The van der Waals surface area contributed by atoms with Gasteiger partial charge in [-0.3, -0.25) is 9.59 Å². The Morgan fingerprint density at radius 2 is 2.15 bits per heavy atom.